The van der Waals surface area contributed by atoms with Crippen molar-refractivity contribution in [3.05, 3.63) is 59.0 Å². The summed E-state index contributed by atoms with van der Waals surface area (Å²) in [4.78, 5) is 27.4. The Morgan fingerprint density at radius 1 is 1.20 bits per heavy atom. The molecule has 5 heteroatoms. The van der Waals surface area contributed by atoms with Crippen molar-refractivity contribution < 1.29 is 14.0 Å². The fourth-order valence-electron chi connectivity index (χ4n) is 3.50. The van der Waals surface area contributed by atoms with Crippen molar-refractivity contribution in [2.75, 3.05) is 6.54 Å². The van der Waals surface area contributed by atoms with Crippen LogP contribution in [-0.2, 0) is 22.6 Å². The smallest absolute Gasteiger partial charge is 0.247 e. The van der Waals surface area contributed by atoms with Gasteiger partial charge in [-0.2, -0.15) is 0 Å². The average Bonchev–Trinajstić information content (AvgIpc) is 3.40. The number of carbonyl (C=O) groups excluding carboxylic acids is 2. The van der Waals surface area contributed by atoms with Crippen molar-refractivity contribution in [1.29, 1.82) is 0 Å². The van der Waals surface area contributed by atoms with Gasteiger partial charge in [-0.1, -0.05) is 24.3 Å². The Kier molecular flexibility index (Phi) is 4.07. The molecule has 1 aromatic carbocycles. The summed E-state index contributed by atoms with van der Waals surface area (Å²) in [6.07, 6.45) is 2.68. The predicted molar refractivity (Wildman–Crippen MR) is 92.6 cm³/mol. The lowest BCUT2D eigenvalue weighted by atomic mass is 9.91. The lowest BCUT2D eigenvalue weighted by Gasteiger charge is -2.36. The second-order valence-corrected chi connectivity index (χ2v) is 6.89. The van der Waals surface area contributed by atoms with E-state index in [1.54, 1.807) is 4.90 Å². The van der Waals surface area contributed by atoms with Crippen molar-refractivity contribution >= 4 is 11.8 Å². The molecule has 1 atom stereocenters. The van der Waals surface area contributed by atoms with Crippen LogP contribution in [0, 0.1) is 12.8 Å². The van der Waals surface area contributed by atoms with Crippen molar-refractivity contribution in [3.8, 4) is 0 Å². The van der Waals surface area contributed by atoms with Gasteiger partial charge in [-0.05, 0) is 49.4 Å². The summed E-state index contributed by atoms with van der Waals surface area (Å²) in [5.74, 6) is 1.61. The zero-order chi connectivity index (χ0) is 17.4. The second-order valence-electron chi connectivity index (χ2n) is 6.89. The van der Waals surface area contributed by atoms with Crippen molar-refractivity contribution in [1.82, 2.24) is 10.2 Å². The lowest BCUT2D eigenvalue weighted by molar-refractivity contribution is -0.142. The summed E-state index contributed by atoms with van der Waals surface area (Å²) in [7, 11) is 0. The maximum absolute atomic E-state index is 13.0. The summed E-state index contributed by atoms with van der Waals surface area (Å²) >= 11 is 0. The molecule has 1 fully saturated rings. The van der Waals surface area contributed by atoms with Crippen LogP contribution in [0.4, 0.5) is 0 Å². The molecule has 2 aliphatic rings. The molecule has 25 heavy (non-hydrogen) atoms. The molecule has 2 aromatic rings. The van der Waals surface area contributed by atoms with E-state index in [4.69, 9.17) is 4.42 Å². The quantitative estimate of drug-likeness (QED) is 0.932. The minimum atomic E-state index is -0.547. The summed E-state index contributed by atoms with van der Waals surface area (Å²) in [6, 6.07) is 11.1. The number of nitrogens with one attached hydrogen (secondary N) is 1. The Morgan fingerprint density at radius 2 is 2.00 bits per heavy atom. The Morgan fingerprint density at radius 3 is 2.72 bits per heavy atom. The van der Waals surface area contributed by atoms with Gasteiger partial charge in [0.15, 0.2) is 0 Å². The number of aryl methyl sites for hydroxylation is 1. The molecule has 130 valence electrons. The SMILES string of the molecule is Cc1ccc(CNC(=O)[C@H]2c3ccccc3CCN2C(=O)C2CC2)o1. The number of rotatable bonds is 4. The van der Waals surface area contributed by atoms with Crippen LogP contribution in [0.15, 0.2) is 40.8 Å². The van der Waals surface area contributed by atoms with E-state index >= 15 is 0 Å². The van der Waals surface area contributed by atoms with Gasteiger partial charge in [0, 0.05) is 12.5 Å². The molecule has 0 saturated heterocycles. The van der Waals surface area contributed by atoms with Gasteiger partial charge in [0.25, 0.3) is 0 Å². The molecule has 0 unspecified atom stereocenters. The first-order valence-corrected chi connectivity index (χ1v) is 8.85. The van der Waals surface area contributed by atoms with Gasteiger partial charge >= 0.3 is 0 Å². The molecular formula is C20H22N2O3. The molecule has 0 bridgehead atoms. The Balaban J connectivity index is 1.57. The second kappa shape index (κ2) is 6.39. The predicted octanol–water partition coefficient (Wildman–Crippen LogP) is 2.74. The molecule has 5 nitrogen and oxygen atoms in total. The maximum atomic E-state index is 13.0. The normalized spacial score (nSPS) is 19.4. The van der Waals surface area contributed by atoms with Gasteiger partial charge in [0.2, 0.25) is 11.8 Å². The van der Waals surface area contributed by atoms with Gasteiger partial charge < -0.3 is 14.6 Å². The van der Waals surface area contributed by atoms with E-state index in [-0.39, 0.29) is 17.7 Å². The molecule has 2 heterocycles. The lowest BCUT2D eigenvalue weighted by Crippen LogP contribution is -2.47. The minimum Gasteiger partial charge on any atom is -0.465 e. The monoisotopic (exact) mass is 338 g/mol. The Labute approximate surface area is 147 Å². The van der Waals surface area contributed by atoms with Gasteiger partial charge in [0.1, 0.15) is 17.6 Å². The fraction of sp³-hybridized carbons (Fsp3) is 0.400. The number of fused-ring (bicyclic) bond motifs is 1. The molecular weight excluding hydrogens is 316 g/mol. The molecule has 0 spiro atoms. The zero-order valence-electron chi connectivity index (χ0n) is 14.3. The van der Waals surface area contributed by atoms with Crippen LogP contribution < -0.4 is 5.32 Å². The average molecular weight is 338 g/mol. The van der Waals surface area contributed by atoms with E-state index in [1.807, 2.05) is 43.3 Å². The van der Waals surface area contributed by atoms with E-state index in [2.05, 4.69) is 5.32 Å². The highest BCUT2D eigenvalue weighted by Gasteiger charge is 2.41. The highest BCUT2D eigenvalue weighted by molar-refractivity contribution is 5.91. The van der Waals surface area contributed by atoms with E-state index in [9.17, 15) is 9.59 Å². The number of nitrogens with zero attached hydrogens (tertiary/aromatic N) is 1. The molecule has 1 aliphatic heterocycles. The summed E-state index contributed by atoms with van der Waals surface area (Å²) in [6.45, 7) is 2.81. The van der Waals surface area contributed by atoms with E-state index in [0.717, 1.165) is 41.9 Å². The number of amides is 2. The topological polar surface area (TPSA) is 62.6 Å². The van der Waals surface area contributed by atoms with Crippen LogP contribution in [0.3, 0.4) is 0 Å². The van der Waals surface area contributed by atoms with E-state index in [0.29, 0.717) is 13.1 Å². The van der Waals surface area contributed by atoms with E-state index < -0.39 is 6.04 Å². The van der Waals surface area contributed by atoms with Gasteiger partial charge in [0.05, 0.1) is 6.54 Å². The minimum absolute atomic E-state index is 0.105. The first kappa shape index (κ1) is 15.9. The molecule has 0 radical (unpaired) electrons. The first-order valence-electron chi connectivity index (χ1n) is 8.85. The number of benzene rings is 1. The Hall–Kier alpha value is -2.56. The van der Waals surface area contributed by atoms with Gasteiger partial charge in [-0.3, -0.25) is 9.59 Å². The highest BCUT2D eigenvalue weighted by Crippen LogP contribution is 2.37. The molecule has 1 aliphatic carbocycles. The standard InChI is InChI=1S/C20H22N2O3/c1-13-6-9-16(25-13)12-21-19(23)18-17-5-3-2-4-14(17)10-11-22(18)20(24)15-7-8-15/h2-6,9,15,18H,7-8,10-12H2,1H3,(H,21,23)/t18-/m1/s1. The third kappa shape index (κ3) is 3.18. The van der Waals surface area contributed by atoms with Crippen LogP contribution in [0.2, 0.25) is 0 Å². The van der Waals surface area contributed by atoms with Crippen LogP contribution in [0.25, 0.3) is 0 Å². The Bertz CT molecular complexity index is 807. The first-order chi connectivity index (χ1) is 12.1. The van der Waals surface area contributed by atoms with Crippen LogP contribution in [0.1, 0.15) is 41.5 Å². The number of hydrogen-bond acceptors (Lipinski definition) is 3. The molecule has 1 aromatic heterocycles. The van der Waals surface area contributed by atoms with Crippen LogP contribution in [-0.4, -0.2) is 23.3 Å². The van der Waals surface area contributed by atoms with E-state index in [1.165, 1.54) is 0 Å². The third-order valence-corrected chi connectivity index (χ3v) is 4.97. The summed E-state index contributed by atoms with van der Waals surface area (Å²) in [5.41, 5.74) is 2.09. The molecule has 2 amide bonds. The number of furan rings is 1. The third-order valence-electron chi connectivity index (χ3n) is 4.97. The van der Waals surface area contributed by atoms with Crippen LogP contribution in [0.5, 0.6) is 0 Å². The fourth-order valence-corrected chi connectivity index (χ4v) is 3.50. The van der Waals surface area contributed by atoms with Gasteiger partial charge in [-0.25, -0.2) is 0 Å². The van der Waals surface area contributed by atoms with Crippen molar-refractivity contribution in [3.63, 3.8) is 0 Å². The zero-order valence-corrected chi connectivity index (χ0v) is 14.3. The number of hydrogen-bond donors (Lipinski definition) is 1. The van der Waals surface area contributed by atoms with Crippen LogP contribution >= 0.6 is 0 Å². The van der Waals surface area contributed by atoms with Gasteiger partial charge in [-0.15, -0.1) is 0 Å². The molecule has 1 saturated carbocycles. The highest BCUT2D eigenvalue weighted by atomic mass is 16.3. The van der Waals surface area contributed by atoms with Crippen molar-refractivity contribution in [2.45, 2.75) is 38.8 Å². The number of carbonyl (C=O) groups is 2. The summed E-state index contributed by atoms with van der Waals surface area (Å²) < 4.78 is 5.52. The molecule has 1 N–H and O–H groups in total. The maximum Gasteiger partial charge on any atom is 0.247 e. The largest absolute Gasteiger partial charge is 0.465 e. The van der Waals surface area contributed by atoms with Crippen molar-refractivity contribution in [2.24, 2.45) is 5.92 Å². The molecule has 4 rings (SSSR count). The summed E-state index contributed by atoms with van der Waals surface area (Å²) in [5, 5.41) is 2.94.